The molecule has 5 N–H and O–H groups in total. The lowest BCUT2D eigenvalue weighted by atomic mass is 10.3. The molecule has 0 spiro atoms. The lowest BCUT2D eigenvalue weighted by molar-refractivity contribution is 0.0962. The first-order chi connectivity index (χ1) is 14.1. The van der Waals surface area contributed by atoms with Crippen LogP contribution in [0.15, 0.2) is 49.1 Å². The molecule has 3 heterocycles. The molecule has 4 aromatic rings. The predicted octanol–water partition coefficient (Wildman–Crippen LogP) is 2.57. The number of hydrazine groups is 1. The highest BCUT2D eigenvalue weighted by molar-refractivity contribution is 7.22. The zero-order valence-electron chi connectivity index (χ0n) is 15.2. The Morgan fingerprint density at radius 3 is 2.86 bits per heavy atom. The van der Waals surface area contributed by atoms with E-state index in [0.717, 1.165) is 16.0 Å². The van der Waals surface area contributed by atoms with Gasteiger partial charge in [0, 0.05) is 12.4 Å². The minimum atomic E-state index is -0.370. The van der Waals surface area contributed by atoms with Gasteiger partial charge in [0.2, 0.25) is 0 Å². The molecule has 0 saturated heterocycles. The Labute approximate surface area is 169 Å². The average Bonchev–Trinajstić information content (AvgIpc) is 3.16. The van der Waals surface area contributed by atoms with E-state index in [-0.39, 0.29) is 17.4 Å². The summed E-state index contributed by atoms with van der Waals surface area (Å²) in [6.07, 6.45) is 4.37. The molecule has 0 aliphatic heterocycles. The number of nitrogens with two attached hydrogens (primary N) is 1. The fourth-order valence-electron chi connectivity index (χ4n) is 2.47. The number of aromatic nitrogens is 4. The van der Waals surface area contributed by atoms with Crippen molar-refractivity contribution in [3.05, 3.63) is 54.6 Å². The molecule has 146 valence electrons. The van der Waals surface area contributed by atoms with Crippen LogP contribution in [0, 0.1) is 0 Å². The molecule has 0 saturated carbocycles. The second-order valence-electron chi connectivity index (χ2n) is 5.78. The first-order valence-electron chi connectivity index (χ1n) is 8.42. The van der Waals surface area contributed by atoms with Gasteiger partial charge in [-0.25, -0.2) is 15.0 Å². The number of pyridine rings is 1. The fourth-order valence-corrected chi connectivity index (χ4v) is 3.36. The van der Waals surface area contributed by atoms with Crippen molar-refractivity contribution < 1.29 is 9.53 Å². The third-order valence-corrected chi connectivity index (χ3v) is 4.86. The highest BCUT2D eigenvalue weighted by Crippen LogP contribution is 2.32. The number of hydrogen-bond donors (Lipinski definition) is 4. The van der Waals surface area contributed by atoms with Crippen LogP contribution in [0.3, 0.4) is 0 Å². The molecule has 29 heavy (non-hydrogen) atoms. The maximum Gasteiger partial charge on any atom is 0.271 e. The van der Waals surface area contributed by atoms with E-state index >= 15 is 0 Å². The van der Waals surface area contributed by atoms with Crippen molar-refractivity contribution in [1.82, 2.24) is 25.4 Å². The Morgan fingerprint density at radius 2 is 2.07 bits per heavy atom. The highest BCUT2D eigenvalue weighted by atomic mass is 32.1. The number of carbonyl (C=O) groups excluding carboxylic acids is 1. The minimum absolute atomic E-state index is 0.232. The number of nitrogen functional groups attached to an aromatic ring is 1. The van der Waals surface area contributed by atoms with E-state index in [4.69, 9.17) is 10.5 Å². The van der Waals surface area contributed by atoms with Crippen LogP contribution in [0.1, 0.15) is 10.4 Å². The van der Waals surface area contributed by atoms with Gasteiger partial charge in [-0.15, -0.1) is 0 Å². The van der Waals surface area contributed by atoms with E-state index < -0.39 is 0 Å². The van der Waals surface area contributed by atoms with Gasteiger partial charge < -0.3 is 15.8 Å². The SMILES string of the molecule is COc1ccc2nc(Nc3ncnc(NNC(=O)c4cccnc4)c3N)sc2c1. The summed E-state index contributed by atoms with van der Waals surface area (Å²) in [5.74, 6) is 1.00. The molecule has 3 aromatic heterocycles. The van der Waals surface area contributed by atoms with Gasteiger partial charge in [-0.1, -0.05) is 11.3 Å². The molecule has 1 aromatic carbocycles. The zero-order valence-corrected chi connectivity index (χ0v) is 16.0. The summed E-state index contributed by atoms with van der Waals surface area (Å²) in [4.78, 5) is 28.8. The lowest BCUT2D eigenvalue weighted by Crippen LogP contribution is -2.30. The Balaban J connectivity index is 1.50. The van der Waals surface area contributed by atoms with E-state index in [2.05, 4.69) is 36.1 Å². The summed E-state index contributed by atoms with van der Waals surface area (Å²) in [7, 11) is 1.62. The quantitative estimate of drug-likeness (QED) is 0.354. The Bertz CT molecular complexity index is 1170. The van der Waals surface area contributed by atoms with Crippen molar-refractivity contribution in [3.63, 3.8) is 0 Å². The number of benzene rings is 1. The summed E-state index contributed by atoms with van der Waals surface area (Å²) < 4.78 is 6.19. The van der Waals surface area contributed by atoms with Gasteiger partial charge in [0.1, 0.15) is 17.8 Å². The van der Waals surface area contributed by atoms with Gasteiger partial charge >= 0.3 is 0 Å². The van der Waals surface area contributed by atoms with Crippen LogP contribution in [0.25, 0.3) is 10.2 Å². The van der Waals surface area contributed by atoms with E-state index in [9.17, 15) is 4.79 Å². The van der Waals surface area contributed by atoms with Crippen molar-refractivity contribution >= 4 is 49.9 Å². The number of hydrogen-bond acceptors (Lipinski definition) is 10. The number of carbonyl (C=O) groups is 1. The second-order valence-corrected chi connectivity index (χ2v) is 6.81. The molecule has 4 rings (SSSR count). The summed E-state index contributed by atoms with van der Waals surface area (Å²) >= 11 is 1.44. The van der Waals surface area contributed by atoms with Crippen LogP contribution in [0.2, 0.25) is 0 Å². The average molecular weight is 408 g/mol. The maximum atomic E-state index is 12.1. The number of thiazole rings is 1. The molecule has 0 radical (unpaired) electrons. The highest BCUT2D eigenvalue weighted by Gasteiger charge is 2.12. The molecule has 0 aliphatic carbocycles. The Morgan fingerprint density at radius 1 is 1.21 bits per heavy atom. The molecule has 0 fully saturated rings. The van der Waals surface area contributed by atoms with Gasteiger partial charge in [-0.3, -0.25) is 20.6 Å². The van der Waals surface area contributed by atoms with Gasteiger partial charge in [0.05, 0.1) is 22.9 Å². The monoisotopic (exact) mass is 408 g/mol. The number of fused-ring (bicyclic) bond motifs is 1. The summed E-state index contributed by atoms with van der Waals surface area (Å²) in [6, 6.07) is 8.94. The topological polar surface area (TPSA) is 140 Å². The Hall–Kier alpha value is -3.99. The predicted molar refractivity (Wildman–Crippen MR) is 111 cm³/mol. The standard InChI is InChI=1S/C18H16N8O2S/c1-28-11-4-5-12-13(7-11)29-18(23-12)24-15-14(19)16(22-9-21-15)25-26-17(27)10-3-2-6-20-8-10/h2-9H,19H2,1H3,(H,26,27)(H2,21,22,23,24,25). The third-order valence-electron chi connectivity index (χ3n) is 3.92. The first kappa shape index (κ1) is 18.4. The molecular formula is C18H16N8O2S. The van der Waals surface area contributed by atoms with Crippen LogP contribution in [-0.2, 0) is 0 Å². The van der Waals surface area contributed by atoms with Gasteiger partial charge in [0.15, 0.2) is 16.8 Å². The number of methoxy groups -OCH3 is 1. The number of rotatable bonds is 6. The van der Waals surface area contributed by atoms with Crippen molar-refractivity contribution in [1.29, 1.82) is 0 Å². The molecule has 1 amide bonds. The largest absolute Gasteiger partial charge is 0.497 e. The number of anilines is 4. The van der Waals surface area contributed by atoms with Crippen molar-refractivity contribution in [2.75, 3.05) is 23.6 Å². The van der Waals surface area contributed by atoms with E-state index in [0.29, 0.717) is 16.5 Å². The lowest BCUT2D eigenvalue weighted by Gasteiger charge is -2.12. The summed E-state index contributed by atoms with van der Waals surface area (Å²) in [5, 5.41) is 3.70. The van der Waals surface area contributed by atoms with Crippen LogP contribution in [-0.4, -0.2) is 33.0 Å². The van der Waals surface area contributed by atoms with Crippen molar-refractivity contribution in [3.8, 4) is 5.75 Å². The van der Waals surface area contributed by atoms with Crippen LogP contribution in [0.4, 0.5) is 22.5 Å². The number of ether oxygens (including phenoxy) is 1. The normalized spacial score (nSPS) is 10.5. The molecule has 11 heteroatoms. The molecule has 10 nitrogen and oxygen atoms in total. The van der Waals surface area contributed by atoms with E-state index in [1.807, 2.05) is 18.2 Å². The van der Waals surface area contributed by atoms with Crippen molar-refractivity contribution in [2.24, 2.45) is 0 Å². The van der Waals surface area contributed by atoms with Gasteiger partial charge in [-0.2, -0.15) is 0 Å². The summed E-state index contributed by atoms with van der Waals surface area (Å²) in [5.41, 5.74) is 12.8. The second kappa shape index (κ2) is 7.94. The zero-order chi connectivity index (χ0) is 20.2. The molecule has 0 aliphatic rings. The van der Waals surface area contributed by atoms with Crippen LogP contribution >= 0.6 is 11.3 Å². The maximum absolute atomic E-state index is 12.1. The molecule has 0 bridgehead atoms. The number of nitrogens with zero attached hydrogens (tertiary/aromatic N) is 4. The van der Waals surface area contributed by atoms with E-state index in [1.165, 1.54) is 23.9 Å². The number of nitrogens with one attached hydrogen (secondary N) is 3. The third kappa shape index (κ3) is 3.99. The summed E-state index contributed by atoms with van der Waals surface area (Å²) in [6.45, 7) is 0. The van der Waals surface area contributed by atoms with Crippen LogP contribution < -0.4 is 26.6 Å². The molecule has 0 unspecified atom stereocenters. The first-order valence-corrected chi connectivity index (χ1v) is 9.24. The fraction of sp³-hybridized carbons (Fsp3) is 0.0556. The molecular weight excluding hydrogens is 392 g/mol. The van der Waals surface area contributed by atoms with Gasteiger partial charge in [-0.05, 0) is 30.3 Å². The van der Waals surface area contributed by atoms with E-state index in [1.54, 1.807) is 25.4 Å². The molecule has 0 atom stereocenters. The van der Waals surface area contributed by atoms with Gasteiger partial charge in [0.25, 0.3) is 5.91 Å². The van der Waals surface area contributed by atoms with Crippen LogP contribution in [0.5, 0.6) is 5.75 Å². The minimum Gasteiger partial charge on any atom is -0.497 e. The number of amides is 1. The smallest absolute Gasteiger partial charge is 0.271 e. The van der Waals surface area contributed by atoms with Crippen molar-refractivity contribution in [2.45, 2.75) is 0 Å². The Kier molecular flexibility index (Phi) is 5.03.